The van der Waals surface area contributed by atoms with Crippen molar-refractivity contribution in [3.63, 3.8) is 0 Å². The van der Waals surface area contributed by atoms with Crippen LogP contribution in [0.25, 0.3) is 0 Å². The van der Waals surface area contributed by atoms with Gasteiger partial charge in [-0.15, -0.1) is 13.2 Å². The monoisotopic (exact) mass is 332 g/mol. The van der Waals surface area contributed by atoms with Crippen molar-refractivity contribution in [2.45, 2.75) is 66.8 Å². The minimum Gasteiger partial charge on any atom is -0.458 e. The highest BCUT2D eigenvalue weighted by Crippen LogP contribution is 2.18. The van der Waals surface area contributed by atoms with E-state index in [4.69, 9.17) is 18.0 Å². The van der Waals surface area contributed by atoms with Gasteiger partial charge in [-0.3, -0.25) is 0 Å². The molecular formula is C16H32O5Si. The Morgan fingerprint density at radius 2 is 1.23 bits per heavy atom. The number of esters is 1. The standard InChI is InChI=1S/C14H28O5Si.C2H4/c1-10(2)14(15)16-9-20(17-11(3)4,18-12(5)6)19-13(7)8;1-2/h11-13H,1,9H2,2-8H3;1-2H2. The fourth-order valence-corrected chi connectivity index (χ4v) is 4.37. The van der Waals surface area contributed by atoms with Gasteiger partial charge in [0.15, 0.2) is 6.23 Å². The summed E-state index contributed by atoms with van der Waals surface area (Å²) in [5, 5.41) is 0. The van der Waals surface area contributed by atoms with Crippen molar-refractivity contribution < 1.29 is 22.8 Å². The molecule has 6 heteroatoms. The summed E-state index contributed by atoms with van der Waals surface area (Å²) < 4.78 is 22.9. The van der Waals surface area contributed by atoms with Gasteiger partial charge in [0.25, 0.3) is 0 Å². The van der Waals surface area contributed by atoms with Crippen molar-refractivity contribution in [2.24, 2.45) is 0 Å². The Morgan fingerprint density at radius 3 is 1.45 bits per heavy atom. The SMILES string of the molecule is C=C.C=C(C)C(=O)OC[Si](OC(C)C)(OC(C)C)OC(C)C. The summed E-state index contributed by atoms with van der Waals surface area (Å²) in [5.74, 6) is -0.464. The second-order valence-electron chi connectivity index (χ2n) is 5.54. The second-order valence-corrected chi connectivity index (χ2v) is 7.90. The first-order valence-electron chi connectivity index (χ1n) is 7.44. The highest BCUT2D eigenvalue weighted by Gasteiger charge is 2.46. The quantitative estimate of drug-likeness (QED) is 0.279. The fraction of sp³-hybridized carbons (Fsp3) is 0.688. The van der Waals surface area contributed by atoms with E-state index in [1.54, 1.807) is 6.92 Å². The van der Waals surface area contributed by atoms with Gasteiger partial charge in [0, 0.05) is 23.9 Å². The van der Waals surface area contributed by atoms with Crippen molar-refractivity contribution in [2.75, 3.05) is 6.23 Å². The van der Waals surface area contributed by atoms with Gasteiger partial charge < -0.3 is 18.0 Å². The predicted molar refractivity (Wildman–Crippen MR) is 91.4 cm³/mol. The van der Waals surface area contributed by atoms with E-state index >= 15 is 0 Å². The molecule has 0 aromatic carbocycles. The number of carbonyl (C=O) groups excluding carboxylic acids is 1. The van der Waals surface area contributed by atoms with E-state index < -0.39 is 14.8 Å². The van der Waals surface area contributed by atoms with Gasteiger partial charge in [-0.25, -0.2) is 4.79 Å². The minimum absolute atomic E-state index is 0.00671. The lowest BCUT2D eigenvalue weighted by Crippen LogP contribution is -2.55. The summed E-state index contributed by atoms with van der Waals surface area (Å²) >= 11 is 0. The number of ether oxygens (including phenoxy) is 1. The van der Waals surface area contributed by atoms with Crippen molar-refractivity contribution in [1.82, 2.24) is 0 Å². The van der Waals surface area contributed by atoms with E-state index in [2.05, 4.69) is 19.7 Å². The Morgan fingerprint density at radius 1 is 0.909 bits per heavy atom. The van der Waals surface area contributed by atoms with E-state index in [1.807, 2.05) is 41.5 Å². The average Bonchev–Trinajstić information content (AvgIpc) is 2.35. The molecule has 130 valence electrons. The van der Waals surface area contributed by atoms with E-state index in [0.717, 1.165) is 0 Å². The maximum absolute atomic E-state index is 11.6. The van der Waals surface area contributed by atoms with Crippen LogP contribution in [0, 0.1) is 0 Å². The van der Waals surface area contributed by atoms with Crippen LogP contribution in [-0.2, 0) is 22.8 Å². The van der Waals surface area contributed by atoms with Gasteiger partial charge >= 0.3 is 14.8 Å². The Balaban J connectivity index is 0. The lowest BCUT2D eigenvalue weighted by atomic mass is 10.4. The normalized spacial score (nSPS) is 11.4. The van der Waals surface area contributed by atoms with Crippen LogP contribution in [0.2, 0.25) is 0 Å². The lowest BCUT2D eigenvalue weighted by Gasteiger charge is -2.33. The zero-order valence-corrected chi connectivity index (χ0v) is 16.1. The van der Waals surface area contributed by atoms with Gasteiger partial charge in [-0.1, -0.05) is 6.58 Å². The van der Waals surface area contributed by atoms with Gasteiger partial charge in [0.2, 0.25) is 0 Å². The summed E-state index contributed by atoms with van der Waals surface area (Å²) in [6.07, 6.45) is -0.249. The number of carbonyl (C=O) groups is 1. The molecule has 0 amide bonds. The van der Waals surface area contributed by atoms with E-state index in [0.29, 0.717) is 5.57 Å². The van der Waals surface area contributed by atoms with Gasteiger partial charge in [-0.2, -0.15) is 0 Å². The zero-order chi connectivity index (χ0) is 17.9. The zero-order valence-electron chi connectivity index (χ0n) is 15.1. The molecule has 0 saturated heterocycles. The second kappa shape index (κ2) is 11.6. The first kappa shape index (κ1) is 23.3. The van der Waals surface area contributed by atoms with Gasteiger partial charge in [0.1, 0.15) is 0 Å². The first-order valence-corrected chi connectivity index (χ1v) is 9.37. The molecule has 0 bridgehead atoms. The summed E-state index contributed by atoms with van der Waals surface area (Å²) in [6.45, 7) is 22.5. The van der Waals surface area contributed by atoms with Crippen LogP contribution < -0.4 is 0 Å². The molecule has 0 fully saturated rings. The molecule has 0 aliphatic carbocycles. The van der Waals surface area contributed by atoms with E-state index in [-0.39, 0.29) is 24.5 Å². The molecule has 0 unspecified atom stereocenters. The van der Waals surface area contributed by atoms with Crippen molar-refractivity contribution >= 4 is 14.8 Å². The molecule has 0 aromatic rings. The number of hydrogen-bond acceptors (Lipinski definition) is 5. The van der Waals surface area contributed by atoms with Crippen molar-refractivity contribution in [1.29, 1.82) is 0 Å². The summed E-state index contributed by atoms with van der Waals surface area (Å²) in [5.41, 5.74) is 0.339. The third-order valence-corrected chi connectivity index (χ3v) is 4.96. The van der Waals surface area contributed by atoms with Gasteiger partial charge in [0.05, 0.1) is 0 Å². The summed E-state index contributed by atoms with van der Waals surface area (Å²) in [4.78, 5) is 11.6. The molecule has 5 nitrogen and oxygen atoms in total. The maximum Gasteiger partial charge on any atom is 0.541 e. The van der Waals surface area contributed by atoms with Crippen LogP contribution in [0.15, 0.2) is 25.3 Å². The lowest BCUT2D eigenvalue weighted by molar-refractivity contribution is -0.139. The molecule has 0 heterocycles. The van der Waals surface area contributed by atoms with Crippen molar-refractivity contribution in [3.8, 4) is 0 Å². The molecule has 0 radical (unpaired) electrons. The Hall–Kier alpha value is -0.953. The first-order chi connectivity index (χ1) is 10.1. The van der Waals surface area contributed by atoms with E-state index in [9.17, 15) is 4.79 Å². The fourth-order valence-electron chi connectivity index (χ4n) is 1.54. The van der Waals surface area contributed by atoms with Crippen LogP contribution in [0.1, 0.15) is 48.5 Å². The Bertz CT molecular complexity index is 313. The summed E-state index contributed by atoms with van der Waals surface area (Å²) in [7, 11) is -3.08. The van der Waals surface area contributed by atoms with Crippen LogP contribution >= 0.6 is 0 Å². The Labute approximate surface area is 136 Å². The van der Waals surface area contributed by atoms with E-state index in [1.165, 1.54) is 0 Å². The van der Waals surface area contributed by atoms with Gasteiger partial charge in [-0.05, 0) is 48.5 Å². The van der Waals surface area contributed by atoms with Crippen LogP contribution in [0.4, 0.5) is 0 Å². The molecular weight excluding hydrogens is 300 g/mol. The third kappa shape index (κ3) is 10.7. The molecule has 0 rings (SSSR count). The largest absolute Gasteiger partial charge is 0.541 e. The maximum atomic E-state index is 11.6. The molecule has 0 N–H and O–H groups in total. The van der Waals surface area contributed by atoms with Crippen LogP contribution in [0.5, 0.6) is 0 Å². The molecule has 0 atom stereocenters. The highest BCUT2D eigenvalue weighted by molar-refractivity contribution is 6.61. The smallest absolute Gasteiger partial charge is 0.458 e. The molecule has 0 spiro atoms. The topological polar surface area (TPSA) is 54.0 Å². The van der Waals surface area contributed by atoms with Crippen LogP contribution in [0.3, 0.4) is 0 Å². The number of rotatable bonds is 9. The summed E-state index contributed by atoms with van der Waals surface area (Å²) in [6, 6.07) is 0. The molecule has 0 aliphatic heterocycles. The Kier molecular flexibility index (Phi) is 12.3. The molecule has 0 aromatic heterocycles. The minimum atomic E-state index is -3.08. The van der Waals surface area contributed by atoms with Crippen LogP contribution in [-0.4, -0.2) is 39.3 Å². The van der Waals surface area contributed by atoms with Crippen molar-refractivity contribution in [3.05, 3.63) is 25.3 Å². The third-order valence-electron chi connectivity index (χ3n) is 1.97. The molecule has 0 aliphatic rings. The average molecular weight is 333 g/mol. The number of hydrogen-bond donors (Lipinski definition) is 0. The highest BCUT2D eigenvalue weighted by atomic mass is 28.4. The predicted octanol–water partition coefficient (Wildman–Crippen LogP) is 3.66. The molecule has 22 heavy (non-hydrogen) atoms. The molecule has 0 saturated carbocycles.